The highest BCUT2D eigenvalue weighted by Gasteiger charge is 2.20. The molecular formula is C16H25ClN2S. The third-order valence-electron chi connectivity index (χ3n) is 3.53. The van der Waals surface area contributed by atoms with E-state index >= 15 is 0 Å². The smallest absolute Gasteiger partial charge is 0.0471 e. The van der Waals surface area contributed by atoms with Gasteiger partial charge >= 0.3 is 0 Å². The Labute approximate surface area is 132 Å². The second kappa shape index (κ2) is 7.58. The third-order valence-corrected chi connectivity index (χ3v) is 5.02. The maximum Gasteiger partial charge on any atom is 0.0471 e. The Morgan fingerprint density at radius 2 is 2.25 bits per heavy atom. The van der Waals surface area contributed by atoms with Crippen molar-refractivity contribution in [1.29, 1.82) is 0 Å². The Balaban J connectivity index is 2.12. The van der Waals surface area contributed by atoms with Crippen LogP contribution in [0.25, 0.3) is 0 Å². The summed E-state index contributed by atoms with van der Waals surface area (Å²) in [5.41, 5.74) is 2.55. The van der Waals surface area contributed by atoms with Gasteiger partial charge in [0.25, 0.3) is 0 Å². The zero-order valence-corrected chi connectivity index (χ0v) is 14.2. The van der Waals surface area contributed by atoms with Crippen LogP contribution in [0.5, 0.6) is 0 Å². The maximum atomic E-state index is 6.43. The molecule has 112 valence electrons. The van der Waals surface area contributed by atoms with Crippen LogP contribution in [-0.2, 0) is 6.54 Å². The summed E-state index contributed by atoms with van der Waals surface area (Å²) in [5.74, 6) is 1.86. The molecule has 2 rings (SSSR count). The van der Waals surface area contributed by atoms with Crippen molar-refractivity contribution < 1.29 is 0 Å². The summed E-state index contributed by atoms with van der Waals surface area (Å²) in [6.45, 7) is 10.9. The highest BCUT2D eigenvalue weighted by Crippen LogP contribution is 2.30. The van der Waals surface area contributed by atoms with Crippen LogP contribution in [0.3, 0.4) is 0 Å². The molecule has 1 atom stereocenters. The molecule has 1 aliphatic heterocycles. The number of halogens is 1. The molecule has 1 heterocycles. The lowest BCUT2D eigenvalue weighted by Gasteiger charge is -2.34. The largest absolute Gasteiger partial charge is 0.369 e. The number of benzene rings is 1. The Hall–Kier alpha value is -0.380. The molecule has 0 amide bonds. The summed E-state index contributed by atoms with van der Waals surface area (Å²) in [6, 6.07) is 6.27. The van der Waals surface area contributed by atoms with E-state index in [9.17, 15) is 0 Å². The molecule has 1 aliphatic rings. The van der Waals surface area contributed by atoms with E-state index in [0.29, 0.717) is 11.2 Å². The minimum atomic E-state index is 0.660. The van der Waals surface area contributed by atoms with E-state index in [-0.39, 0.29) is 0 Å². The Kier molecular flexibility index (Phi) is 6.06. The number of nitrogens with zero attached hydrogens (tertiary/aromatic N) is 1. The Morgan fingerprint density at radius 3 is 2.95 bits per heavy atom. The molecule has 1 fully saturated rings. The van der Waals surface area contributed by atoms with Gasteiger partial charge in [-0.2, -0.15) is 11.8 Å². The number of nitrogens with one attached hydrogen (secondary N) is 1. The van der Waals surface area contributed by atoms with Crippen LogP contribution in [0.4, 0.5) is 5.69 Å². The fourth-order valence-electron chi connectivity index (χ4n) is 2.54. The van der Waals surface area contributed by atoms with Crippen LogP contribution in [0.1, 0.15) is 26.3 Å². The molecule has 0 bridgehead atoms. The van der Waals surface area contributed by atoms with Crippen LogP contribution in [-0.4, -0.2) is 30.6 Å². The van der Waals surface area contributed by atoms with Crippen molar-refractivity contribution >= 4 is 29.1 Å². The van der Waals surface area contributed by atoms with Crippen LogP contribution in [0.2, 0.25) is 5.02 Å². The second-order valence-corrected chi connectivity index (χ2v) is 7.84. The van der Waals surface area contributed by atoms with Crippen LogP contribution >= 0.6 is 23.4 Å². The standard InChI is InChI=1S/C16H25ClN2S/c1-12(2)9-18-10-14-15(17)5-4-6-16(14)19-7-8-20-13(3)11-19/h4-6,12-13,18H,7-11H2,1-3H3. The van der Waals surface area contributed by atoms with Gasteiger partial charge in [0, 0.05) is 46.9 Å². The van der Waals surface area contributed by atoms with Gasteiger partial charge in [-0.05, 0) is 24.6 Å². The molecule has 1 saturated heterocycles. The van der Waals surface area contributed by atoms with Crippen molar-refractivity contribution in [2.24, 2.45) is 5.92 Å². The number of hydrogen-bond donors (Lipinski definition) is 1. The van der Waals surface area contributed by atoms with E-state index in [1.807, 2.05) is 6.07 Å². The van der Waals surface area contributed by atoms with E-state index in [1.54, 1.807) is 0 Å². The number of hydrogen-bond acceptors (Lipinski definition) is 3. The van der Waals surface area contributed by atoms with Crippen molar-refractivity contribution in [1.82, 2.24) is 5.32 Å². The van der Waals surface area contributed by atoms with E-state index in [4.69, 9.17) is 11.6 Å². The maximum absolute atomic E-state index is 6.43. The molecule has 0 spiro atoms. The first-order valence-electron chi connectivity index (χ1n) is 7.42. The van der Waals surface area contributed by atoms with Crippen molar-refractivity contribution in [3.05, 3.63) is 28.8 Å². The van der Waals surface area contributed by atoms with Crippen LogP contribution in [0, 0.1) is 5.92 Å². The van der Waals surface area contributed by atoms with Gasteiger partial charge in [-0.15, -0.1) is 0 Å². The molecule has 0 saturated carbocycles. The summed E-state index contributed by atoms with van der Waals surface area (Å²) in [6.07, 6.45) is 0. The van der Waals surface area contributed by atoms with Gasteiger partial charge in [0.2, 0.25) is 0 Å². The van der Waals surface area contributed by atoms with Gasteiger partial charge in [0.1, 0.15) is 0 Å². The lowest BCUT2D eigenvalue weighted by molar-refractivity contribution is 0.552. The van der Waals surface area contributed by atoms with Crippen molar-refractivity contribution in [2.75, 3.05) is 30.3 Å². The minimum Gasteiger partial charge on any atom is -0.369 e. The summed E-state index contributed by atoms with van der Waals surface area (Å²) in [7, 11) is 0. The zero-order valence-electron chi connectivity index (χ0n) is 12.7. The molecule has 0 radical (unpaired) electrons. The van der Waals surface area contributed by atoms with Crippen molar-refractivity contribution in [3.63, 3.8) is 0 Å². The molecule has 0 aromatic heterocycles. The average molecular weight is 313 g/mol. The molecule has 2 nitrogen and oxygen atoms in total. The summed E-state index contributed by atoms with van der Waals surface area (Å²) < 4.78 is 0. The SMILES string of the molecule is CC(C)CNCc1c(Cl)cccc1N1CCSC(C)C1. The van der Waals surface area contributed by atoms with Gasteiger partial charge in [-0.1, -0.05) is 38.4 Å². The van der Waals surface area contributed by atoms with E-state index < -0.39 is 0 Å². The van der Waals surface area contributed by atoms with Gasteiger partial charge in [0.15, 0.2) is 0 Å². The average Bonchev–Trinajstić information content (AvgIpc) is 2.40. The molecule has 1 aromatic carbocycles. The lowest BCUT2D eigenvalue weighted by Crippen LogP contribution is -2.37. The molecule has 0 aliphatic carbocycles. The number of thioether (sulfide) groups is 1. The first kappa shape index (κ1) is 16.0. The molecular weight excluding hydrogens is 288 g/mol. The highest BCUT2D eigenvalue weighted by atomic mass is 35.5. The first-order chi connectivity index (χ1) is 9.58. The van der Waals surface area contributed by atoms with Gasteiger partial charge in [-0.3, -0.25) is 0 Å². The molecule has 1 N–H and O–H groups in total. The monoisotopic (exact) mass is 312 g/mol. The predicted octanol–water partition coefficient (Wildman–Crippen LogP) is 4.03. The molecule has 1 aromatic rings. The van der Waals surface area contributed by atoms with E-state index in [2.05, 4.69) is 54.9 Å². The number of anilines is 1. The van der Waals surface area contributed by atoms with Crippen LogP contribution in [0.15, 0.2) is 18.2 Å². The molecule has 4 heteroatoms. The normalized spacial score (nSPS) is 19.6. The Morgan fingerprint density at radius 1 is 1.45 bits per heavy atom. The van der Waals surface area contributed by atoms with Gasteiger partial charge in [0.05, 0.1) is 0 Å². The summed E-state index contributed by atoms with van der Waals surface area (Å²) in [4.78, 5) is 2.49. The van der Waals surface area contributed by atoms with E-state index in [1.165, 1.54) is 17.0 Å². The highest BCUT2D eigenvalue weighted by molar-refractivity contribution is 8.00. The number of rotatable bonds is 5. The van der Waals surface area contributed by atoms with Crippen molar-refractivity contribution in [2.45, 2.75) is 32.6 Å². The molecule has 20 heavy (non-hydrogen) atoms. The minimum absolute atomic E-state index is 0.660. The van der Waals surface area contributed by atoms with Gasteiger partial charge in [-0.25, -0.2) is 0 Å². The van der Waals surface area contributed by atoms with Gasteiger partial charge < -0.3 is 10.2 Å². The first-order valence-corrected chi connectivity index (χ1v) is 8.85. The fraction of sp³-hybridized carbons (Fsp3) is 0.625. The van der Waals surface area contributed by atoms with E-state index in [0.717, 1.165) is 31.2 Å². The quantitative estimate of drug-likeness (QED) is 0.884. The summed E-state index contributed by atoms with van der Waals surface area (Å²) >= 11 is 8.49. The Bertz CT molecular complexity index is 436. The zero-order chi connectivity index (χ0) is 14.5. The van der Waals surface area contributed by atoms with Crippen molar-refractivity contribution in [3.8, 4) is 0 Å². The predicted molar refractivity (Wildman–Crippen MR) is 92.1 cm³/mol. The lowest BCUT2D eigenvalue weighted by atomic mass is 10.1. The van der Waals surface area contributed by atoms with Crippen LogP contribution < -0.4 is 10.2 Å². The second-order valence-electron chi connectivity index (χ2n) is 5.89. The topological polar surface area (TPSA) is 15.3 Å². The fourth-order valence-corrected chi connectivity index (χ4v) is 3.79. The third kappa shape index (κ3) is 4.31. The summed E-state index contributed by atoms with van der Waals surface area (Å²) in [5, 5.41) is 5.09. The molecule has 1 unspecified atom stereocenters.